The van der Waals surface area contributed by atoms with Crippen molar-refractivity contribution in [1.29, 1.82) is 0 Å². The molecule has 1 amide bonds. The number of H-pyrrole nitrogens is 1. The first-order valence-electron chi connectivity index (χ1n) is 14.2. The zero-order valence-corrected chi connectivity index (χ0v) is 25.0. The summed E-state index contributed by atoms with van der Waals surface area (Å²) in [5, 5.41) is 11.0. The summed E-state index contributed by atoms with van der Waals surface area (Å²) in [6, 6.07) is 6.31. The van der Waals surface area contributed by atoms with Crippen molar-refractivity contribution in [2.24, 2.45) is 0 Å². The van der Waals surface area contributed by atoms with Crippen LogP contribution in [0.5, 0.6) is 0 Å². The van der Waals surface area contributed by atoms with E-state index >= 15 is 0 Å². The van der Waals surface area contributed by atoms with Crippen molar-refractivity contribution in [3.8, 4) is 0 Å². The molecule has 0 spiro atoms. The molecule has 1 aromatic heterocycles. The van der Waals surface area contributed by atoms with Gasteiger partial charge in [-0.2, -0.15) is 0 Å². The normalized spacial score (nSPS) is 13.3. The van der Waals surface area contributed by atoms with Gasteiger partial charge in [-0.3, -0.25) is 4.79 Å². The van der Waals surface area contributed by atoms with Gasteiger partial charge in [-0.15, -0.1) is 0 Å². The van der Waals surface area contributed by atoms with Crippen LogP contribution in [0.25, 0.3) is 23.1 Å². The quantitative estimate of drug-likeness (QED) is 0.159. The van der Waals surface area contributed by atoms with Crippen molar-refractivity contribution in [3.05, 3.63) is 83.1 Å². The molecule has 2 N–H and O–H groups in total. The fourth-order valence-corrected chi connectivity index (χ4v) is 4.41. The first kappa shape index (κ1) is 36.6. The summed E-state index contributed by atoms with van der Waals surface area (Å²) in [5.41, 5.74) is 3.51. The van der Waals surface area contributed by atoms with Gasteiger partial charge in [0.05, 0.1) is 12.5 Å². The number of aromatic amines is 1. The van der Waals surface area contributed by atoms with Crippen molar-refractivity contribution in [1.82, 2.24) is 9.88 Å². The molecule has 0 aliphatic rings. The number of hydrogen-bond donors (Lipinski definition) is 2. The van der Waals surface area contributed by atoms with Crippen molar-refractivity contribution in [3.63, 3.8) is 0 Å². The number of aliphatic hydroxyl groups excluding tert-OH is 1. The van der Waals surface area contributed by atoms with E-state index < -0.39 is 47.9 Å². The molecule has 0 fully saturated rings. The second kappa shape index (κ2) is 18.9. The highest BCUT2D eigenvalue weighted by atomic mass is 19.2. The van der Waals surface area contributed by atoms with Crippen LogP contribution in [0.3, 0.4) is 0 Å². The number of rotatable bonds is 15. The topological polar surface area (TPSA) is 56.3 Å². The van der Waals surface area contributed by atoms with Crippen molar-refractivity contribution >= 4 is 29.0 Å². The Morgan fingerprint density at radius 2 is 1.74 bits per heavy atom. The molecular formula is C33H43F5N2O2. The van der Waals surface area contributed by atoms with Gasteiger partial charge in [0, 0.05) is 40.8 Å². The van der Waals surface area contributed by atoms with E-state index in [2.05, 4.69) is 42.4 Å². The molecule has 1 unspecified atom stereocenters. The minimum absolute atomic E-state index is 0.215. The minimum Gasteiger partial charge on any atom is -0.393 e. The Morgan fingerprint density at radius 3 is 2.24 bits per heavy atom. The van der Waals surface area contributed by atoms with E-state index in [1.807, 2.05) is 26.0 Å². The maximum absolute atomic E-state index is 13.7. The number of aromatic nitrogens is 1. The number of hydrogen-bond acceptors (Lipinski definition) is 2. The van der Waals surface area contributed by atoms with Crippen molar-refractivity contribution in [2.75, 3.05) is 19.8 Å². The fourth-order valence-electron chi connectivity index (χ4n) is 4.41. The number of carbonyl (C=O) groups excluding carboxylic acids is 1. The van der Waals surface area contributed by atoms with Gasteiger partial charge in [-0.1, -0.05) is 58.2 Å². The molecule has 1 aromatic carbocycles. The van der Waals surface area contributed by atoms with E-state index in [1.165, 1.54) is 21.4 Å². The fraction of sp³-hybridized carbons (Fsp3) is 0.424. The van der Waals surface area contributed by atoms with Crippen LogP contribution in [0.15, 0.2) is 66.3 Å². The maximum Gasteiger partial charge on any atom is 0.227 e. The third-order valence-corrected chi connectivity index (χ3v) is 6.53. The summed E-state index contributed by atoms with van der Waals surface area (Å²) in [7, 11) is 0. The van der Waals surface area contributed by atoms with E-state index in [9.17, 15) is 31.9 Å². The molecule has 0 bridgehead atoms. The Labute approximate surface area is 246 Å². The van der Waals surface area contributed by atoms with Gasteiger partial charge < -0.3 is 15.0 Å². The number of nitrogens with zero attached hydrogens (tertiary/aromatic N) is 1. The second-order valence-corrected chi connectivity index (χ2v) is 9.70. The zero-order valence-electron chi connectivity index (χ0n) is 25.0. The maximum atomic E-state index is 13.7. The lowest BCUT2D eigenvalue weighted by molar-refractivity contribution is -0.130. The molecule has 42 heavy (non-hydrogen) atoms. The number of fused-ring (bicyclic) bond motifs is 1. The van der Waals surface area contributed by atoms with Crippen LogP contribution in [0.2, 0.25) is 0 Å². The Kier molecular flexibility index (Phi) is 16.4. The number of benzene rings is 1. The molecule has 1 atom stereocenters. The molecule has 9 heteroatoms. The standard InChI is InChI=1S/C18H23NO.C15H20F5NO/c1-4-8-15-16(6-3)19-17-10-7-9-13(18(15)17)11-12-14(20)5-2;1-4-6-21(7-5-2)13(22)8-11(14(19)10(3)17)15(20)12(18)9-16/h4,6-10,14,19-20H,3,5,11-12H2,1-2H3;3-9H2,1-2H3/b8-4-;14-11+,15-12-. The lowest BCUT2D eigenvalue weighted by Crippen LogP contribution is -2.32. The summed E-state index contributed by atoms with van der Waals surface area (Å²) in [5.74, 6) is -7.93. The zero-order chi connectivity index (χ0) is 31.8. The summed E-state index contributed by atoms with van der Waals surface area (Å²) >= 11 is 0. The van der Waals surface area contributed by atoms with Crippen LogP contribution >= 0.6 is 0 Å². The summed E-state index contributed by atoms with van der Waals surface area (Å²) in [6.07, 6.45) is 8.64. The predicted octanol–water partition coefficient (Wildman–Crippen LogP) is 9.40. The second-order valence-electron chi connectivity index (χ2n) is 9.70. The van der Waals surface area contributed by atoms with Gasteiger partial charge in [-0.05, 0) is 56.7 Å². The van der Waals surface area contributed by atoms with Gasteiger partial charge in [-0.25, -0.2) is 22.0 Å². The van der Waals surface area contributed by atoms with Crippen LogP contribution in [-0.4, -0.2) is 46.8 Å². The van der Waals surface area contributed by atoms with Crippen LogP contribution < -0.4 is 0 Å². The smallest absolute Gasteiger partial charge is 0.227 e. The molecule has 2 aromatic rings. The van der Waals surface area contributed by atoms with Crippen LogP contribution in [0, 0.1) is 0 Å². The Morgan fingerprint density at radius 1 is 1.10 bits per heavy atom. The number of alkyl halides is 1. The highest BCUT2D eigenvalue weighted by Crippen LogP contribution is 2.30. The molecular weight excluding hydrogens is 551 g/mol. The molecule has 1 heterocycles. The molecule has 0 saturated heterocycles. The highest BCUT2D eigenvalue weighted by molar-refractivity contribution is 5.95. The Balaban J connectivity index is 0.000000421. The predicted molar refractivity (Wildman–Crippen MR) is 163 cm³/mol. The van der Waals surface area contributed by atoms with E-state index in [0.29, 0.717) is 25.9 Å². The van der Waals surface area contributed by atoms with E-state index in [4.69, 9.17) is 0 Å². The van der Waals surface area contributed by atoms with Crippen LogP contribution in [0.1, 0.15) is 76.6 Å². The number of carbonyl (C=O) groups is 1. The monoisotopic (exact) mass is 594 g/mol. The molecule has 0 radical (unpaired) electrons. The number of aryl methyl sites for hydroxylation is 1. The molecule has 0 aliphatic carbocycles. The van der Waals surface area contributed by atoms with Crippen molar-refractivity contribution < 1.29 is 31.9 Å². The Hall–Kier alpha value is -3.46. The summed E-state index contributed by atoms with van der Waals surface area (Å²) in [6.45, 7) is 13.0. The van der Waals surface area contributed by atoms with E-state index in [0.717, 1.165) is 30.5 Å². The number of halogens is 5. The molecule has 0 aliphatic heterocycles. The molecule has 2 rings (SSSR count). The van der Waals surface area contributed by atoms with Gasteiger partial charge in [0.1, 0.15) is 6.67 Å². The minimum atomic E-state index is -1.90. The lowest BCUT2D eigenvalue weighted by atomic mass is 9.98. The molecule has 0 saturated carbocycles. The third-order valence-electron chi connectivity index (χ3n) is 6.53. The van der Waals surface area contributed by atoms with Crippen LogP contribution in [-0.2, 0) is 11.2 Å². The number of allylic oxidation sites excluding steroid dienone is 5. The van der Waals surface area contributed by atoms with E-state index in [1.54, 1.807) is 13.8 Å². The largest absolute Gasteiger partial charge is 0.393 e. The van der Waals surface area contributed by atoms with Gasteiger partial charge in [0.15, 0.2) is 23.3 Å². The van der Waals surface area contributed by atoms with Crippen molar-refractivity contribution in [2.45, 2.75) is 72.3 Å². The molecule has 232 valence electrons. The number of nitrogens with one attached hydrogen (secondary N) is 1. The summed E-state index contributed by atoms with van der Waals surface area (Å²) in [4.78, 5) is 16.8. The molecule has 4 nitrogen and oxygen atoms in total. The first-order valence-corrected chi connectivity index (χ1v) is 14.2. The summed E-state index contributed by atoms with van der Waals surface area (Å²) < 4.78 is 65.3. The van der Waals surface area contributed by atoms with Gasteiger partial charge in [0.2, 0.25) is 5.91 Å². The SMILES string of the molecule is C=C(F)/C(F)=C(CC(=O)N(CCC)CCC)\C(F)=C(\F)CF.C=Cc1[nH]c2cccc(CCC(O)CC)c2c1/C=C\C. The first-order chi connectivity index (χ1) is 20.0. The van der Waals surface area contributed by atoms with E-state index in [-0.39, 0.29) is 6.10 Å². The van der Waals surface area contributed by atoms with Gasteiger partial charge >= 0.3 is 0 Å². The highest BCUT2D eigenvalue weighted by Gasteiger charge is 2.24. The average Bonchev–Trinajstić information content (AvgIpc) is 3.35. The van der Waals surface area contributed by atoms with Gasteiger partial charge in [0.25, 0.3) is 0 Å². The average molecular weight is 595 g/mol. The lowest BCUT2D eigenvalue weighted by Gasteiger charge is -2.22. The Bertz CT molecular complexity index is 1290. The number of amides is 1. The third kappa shape index (κ3) is 10.4. The van der Waals surface area contributed by atoms with Crippen LogP contribution in [0.4, 0.5) is 22.0 Å². The number of aliphatic hydroxyl groups is 1.